The molecule has 164 valence electrons. The quantitative estimate of drug-likeness (QED) is 0.363. The van der Waals surface area contributed by atoms with E-state index >= 15 is 0 Å². The minimum Gasteiger partial charge on any atom is -0.408 e. The Kier molecular flexibility index (Phi) is 7.39. The van der Waals surface area contributed by atoms with Gasteiger partial charge >= 0.3 is 5.76 Å². The SMILES string of the molecule is C=C/C(=C\C=C/C)c1nc(NC)c2cc(-c3ccc4oc(=O)[nH]c4c3)ccc2n1.CCC. The molecule has 0 spiro atoms. The number of oxazole rings is 1. The molecule has 0 saturated heterocycles. The molecule has 4 aromatic rings. The lowest BCUT2D eigenvalue weighted by atomic mass is 10.0. The summed E-state index contributed by atoms with van der Waals surface area (Å²) in [6, 6.07) is 11.6. The Labute approximate surface area is 187 Å². The van der Waals surface area contributed by atoms with E-state index in [-0.39, 0.29) is 0 Å². The fourth-order valence-corrected chi connectivity index (χ4v) is 3.19. The maximum Gasteiger partial charge on any atom is 0.417 e. The first-order valence-corrected chi connectivity index (χ1v) is 10.6. The van der Waals surface area contributed by atoms with Crippen molar-refractivity contribution in [2.75, 3.05) is 12.4 Å². The van der Waals surface area contributed by atoms with Crippen LogP contribution < -0.4 is 11.1 Å². The van der Waals surface area contributed by atoms with Gasteiger partial charge in [-0.2, -0.15) is 0 Å². The number of H-pyrrole nitrogens is 1. The summed E-state index contributed by atoms with van der Waals surface area (Å²) >= 11 is 0. The van der Waals surface area contributed by atoms with Crippen LogP contribution in [0, 0.1) is 0 Å². The highest BCUT2D eigenvalue weighted by atomic mass is 16.4. The second-order valence-corrected chi connectivity index (χ2v) is 7.16. The molecule has 0 fully saturated rings. The fourth-order valence-electron chi connectivity index (χ4n) is 3.19. The van der Waals surface area contributed by atoms with E-state index < -0.39 is 5.76 Å². The van der Waals surface area contributed by atoms with E-state index in [9.17, 15) is 4.79 Å². The topological polar surface area (TPSA) is 83.8 Å². The van der Waals surface area contributed by atoms with Crippen LogP contribution in [0.5, 0.6) is 0 Å². The van der Waals surface area contributed by atoms with Crippen LogP contribution in [0.4, 0.5) is 5.82 Å². The first-order valence-electron chi connectivity index (χ1n) is 10.6. The molecule has 2 heterocycles. The van der Waals surface area contributed by atoms with Crippen molar-refractivity contribution in [1.29, 1.82) is 0 Å². The summed E-state index contributed by atoms with van der Waals surface area (Å²) in [5.74, 6) is 0.885. The molecule has 2 aromatic heterocycles. The summed E-state index contributed by atoms with van der Waals surface area (Å²) in [5.41, 5.74) is 4.82. The van der Waals surface area contributed by atoms with Gasteiger partial charge in [0.25, 0.3) is 0 Å². The minimum atomic E-state index is -0.460. The zero-order valence-corrected chi connectivity index (χ0v) is 18.9. The number of nitrogens with one attached hydrogen (secondary N) is 2. The first kappa shape index (κ1) is 22.7. The number of allylic oxidation sites excluding steroid dienone is 5. The normalized spacial score (nSPS) is 11.6. The van der Waals surface area contributed by atoms with Crippen molar-refractivity contribution in [3.05, 3.63) is 83.7 Å². The third-order valence-corrected chi connectivity index (χ3v) is 4.63. The smallest absolute Gasteiger partial charge is 0.408 e. The van der Waals surface area contributed by atoms with E-state index in [4.69, 9.17) is 9.40 Å². The van der Waals surface area contributed by atoms with E-state index in [1.165, 1.54) is 6.42 Å². The van der Waals surface area contributed by atoms with Gasteiger partial charge in [0.15, 0.2) is 11.4 Å². The van der Waals surface area contributed by atoms with Gasteiger partial charge in [-0.1, -0.05) is 63.3 Å². The second-order valence-electron chi connectivity index (χ2n) is 7.16. The van der Waals surface area contributed by atoms with Crippen LogP contribution in [0.2, 0.25) is 0 Å². The molecular formula is C26H28N4O2. The van der Waals surface area contributed by atoms with Crippen molar-refractivity contribution in [2.45, 2.75) is 27.2 Å². The number of aromatic amines is 1. The summed E-state index contributed by atoms with van der Waals surface area (Å²) in [5, 5.41) is 4.07. The molecule has 0 aliphatic heterocycles. The Bertz CT molecular complexity index is 1360. The number of hydrogen-bond donors (Lipinski definition) is 2. The lowest BCUT2D eigenvalue weighted by Crippen LogP contribution is -2.01. The van der Waals surface area contributed by atoms with E-state index in [1.54, 1.807) is 12.1 Å². The van der Waals surface area contributed by atoms with Gasteiger partial charge in [-0.15, -0.1) is 0 Å². The average Bonchev–Trinajstić information content (AvgIpc) is 3.18. The Morgan fingerprint density at radius 3 is 2.56 bits per heavy atom. The number of rotatable bonds is 5. The molecule has 32 heavy (non-hydrogen) atoms. The van der Waals surface area contributed by atoms with Crippen molar-refractivity contribution in [1.82, 2.24) is 15.0 Å². The highest BCUT2D eigenvalue weighted by molar-refractivity contribution is 5.94. The Hall–Kier alpha value is -3.93. The second kappa shape index (κ2) is 10.4. The van der Waals surface area contributed by atoms with Crippen molar-refractivity contribution < 1.29 is 4.42 Å². The largest absolute Gasteiger partial charge is 0.417 e. The molecule has 0 aliphatic carbocycles. The number of anilines is 1. The molecule has 4 rings (SSSR count). The number of hydrogen-bond acceptors (Lipinski definition) is 5. The first-order chi connectivity index (χ1) is 15.5. The maximum atomic E-state index is 11.4. The van der Waals surface area contributed by atoms with Crippen molar-refractivity contribution in [3.8, 4) is 11.1 Å². The van der Waals surface area contributed by atoms with Gasteiger partial charge in [-0.05, 0) is 42.3 Å². The van der Waals surface area contributed by atoms with Crippen molar-refractivity contribution in [3.63, 3.8) is 0 Å². The number of aromatic nitrogens is 3. The molecule has 0 bridgehead atoms. The molecule has 6 nitrogen and oxygen atoms in total. The zero-order chi connectivity index (χ0) is 23.1. The van der Waals surface area contributed by atoms with Crippen LogP contribution in [-0.2, 0) is 0 Å². The van der Waals surface area contributed by atoms with Crippen LogP contribution in [-0.4, -0.2) is 22.0 Å². The Morgan fingerprint density at radius 1 is 1.16 bits per heavy atom. The molecule has 0 aliphatic rings. The van der Waals surface area contributed by atoms with Crippen molar-refractivity contribution >= 4 is 33.4 Å². The molecule has 0 radical (unpaired) electrons. The van der Waals surface area contributed by atoms with Gasteiger partial charge in [-0.3, -0.25) is 4.98 Å². The lowest BCUT2D eigenvalue weighted by molar-refractivity contribution is 0.555. The molecule has 2 aromatic carbocycles. The van der Waals surface area contributed by atoms with Gasteiger partial charge in [-0.25, -0.2) is 14.8 Å². The van der Waals surface area contributed by atoms with E-state index in [2.05, 4.69) is 35.7 Å². The van der Waals surface area contributed by atoms with Crippen LogP contribution in [0.3, 0.4) is 0 Å². The third kappa shape index (κ3) is 4.86. The lowest BCUT2D eigenvalue weighted by Gasteiger charge is -2.10. The fraction of sp³-hybridized carbons (Fsp3) is 0.192. The maximum absolute atomic E-state index is 11.4. The third-order valence-electron chi connectivity index (χ3n) is 4.63. The Balaban J connectivity index is 0.000000913. The number of nitrogens with zero attached hydrogens (tertiary/aromatic N) is 2. The van der Waals surface area contributed by atoms with Gasteiger partial charge in [0.05, 0.1) is 11.0 Å². The van der Waals surface area contributed by atoms with Crippen LogP contribution in [0.15, 0.2) is 76.5 Å². The number of benzene rings is 2. The predicted molar refractivity (Wildman–Crippen MR) is 134 cm³/mol. The van der Waals surface area contributed by atoms with Gasteiger partial charge in [0.1, 0.15) is 5.82 Å². The highest BCUT2D eigenvalue weighted by Gasteiger charge is 2.11. The summed E-state index contributed by atoms with van der Waals surface area (Å²) in [4.78, 5) is 23.5. The van der Waals surface area contributed by atoms with Crippen LogP contribution >= 0.6 is 0 Å². The summed E-state index contributed by atoms with van der Waals surface area (Å²) in [7, 11) is 1.84. The summed E-state index contributed by atoms with van der Waals surface area (Å²) in [6.45, 7) is 10.1. The molecule has 0 atom stereocenters. The summed E-state index contributed by atoms with van der Waals surface area (Å²) in [6.07, 6.45) is 8.81. The number of fused-ring (bicyclic) bond motifs is 2. The zero-order valence-electron chi connectivity index (χ0n) is 18.9. The summed E-state index contributed by atoms with van der Waals surface area (Å²) < 4.78 is 5.08. The van der Waals surface area contributed by atoms with Crippen molar-refractivity contribution in [2.24, 2.45) is 0 Å². The Morgan fingerprint density at radius 2 is 1.88 bits per heavy atom. The molecule has 0 unspecified atom stereocenters. The molecule has 6 heteroatoms. The molecule has 2 N–H and O–H groups in total. The molecular weight excluding hydrogens is 400 g/mol. The molecule has 0 amide bonds. The van der Waals surface area contributed by atoms with Gasteiger partial charge in [0, 0.05) is 18.0 Å². The van der Waals surface area contributed by atoms with E-state index in [1.807, 2.05) is 62.5 Å². The predicted octanol–water partition coefficient (Wildman–Crippen LogP) is 6.33. The van der Waals surface area contributed by atoms with Crippen LogP contribution in [0.25, 0.3) is 38.7 Å². The molecule has 0 saturated carbocycles. The van der Waals surface area contributed by atoms with E-state index in [0.29, 0.717) is 16.9 Å². The standard InChI is InChI=1S/C23H20N4O2.C3H8/c1-4-6-7-14(5-2)21-25-18-10-8-15(12-17(18)22(24-3)27-21)16-9-11-20-19(13-16)26-23(28)29-20;1-3-2/h4-13H,2H2,1,3H3,(H,26,28)(H,24,25,27);3H2,1-2H3/b6-4-,14-7+;. The van der Waals surface area contributed by atoms with Gasteiger partial charge < -0.3 is 9.73 Å². The van der Waals surface area contributed by atoms with E-state index in [0.717, 1.165) is 33.4 Å². The van der Waals surface area contributed by atoms with Gasteiger partial charge in [0.2, 0.25) is 0 Å². The van der Waals surface area contributed by atoms with Crippen LogP contribution in [0.1, 0.15) is 33.0 Å². The minimum absolute atomic E-state index is 0.460. The average molecular weight is 429 g/mol. The monoisotopic (exact) mass is 428 g/mol. The highest BCUT2D eigenvalue weighted by Crippen LogP contribution is 2.30.